The zero-order valence-electron chi connectivity index (χ0n) is 9.75. The van der Waals surface area contributed by atoms with Gasteiger partial charge in [-0.25, -0.2) is 0 Å². The Kier molecular flexibility index (Phi) is 12.4. The van der Waals surface area contributed by atoms with Crippen molar-refractivity contribution >= 4 is 51.5 Å². The fraction of sp³-hybridized carbons (Fsp3) is 0.667. The molecule has 0 aromatic rings. The number of aliphatic carboxylic acids is 1. The van der Waals surface area contributed by atoms with Crippen LogP contribution < -0.4 is 0 Å². The van der Waals surface area contributed by atoms with Crippen LogP contribution in [0.5, 0.6) is 0 Å². The van der Waals surface area contributed by atoms with Gasteiger partial charge in [0, 0.05) is 0 Å². The first kappa shape index (κ1) is 15.2. The molecule has 0 saturated heterocycles. The Labute approximate surface area is 114 Å². The minimum atomic E-state index is -0.696. The molecule has 0 amide bonds. The third kappa shape index (κ3) is 7.35. The van der Waals surface area contributed by atoms with Crippen molar-refractivity contribution in [2.75, 3.05) is 0 Å². The van der Waals surface area contributed by atoms with E-state index in [4.69, 9.17) is 5.11 Å². The maximum Gasteiger partial charge on any atom is 2.00 e. The van der Waals surface area contributed by atoms with Crippen LogP contribution >= 0.6 is 0 Å². The van der Waals surface area contributed by atoms with Gasteiger partial charge in [-0.05, 0) is 12.8 Å². The van der Waals surface area contributed by atoms with Crippen LogP contribution in [-0.4, -0.2) is 56.6 Å². The Balaban J connectivity index is -0.000000167. The zero-order valence-corrected chi connectivity index (χ0v) is 11.2. The molecule has 0 radical (unpaired) electrons. The molecule has 1 unspecified atom stereocenters. The number of hydrogen-bond acceptors (Lipinski definition) is 1. The van der Waals surface area contributed by atoms with Crippen molar-refractivity contribution in [2.24, 2.45) is 5.92 Å². The van der Waals surface area contributed by atoms with Crippen LogP contribution in [0.15, 0.2) is 12.7 Å². The van der Waals surface area contributed by atoms with Crippen molar-refractivity contribution in [1.29, 1.82) is 0 Å². The minimum absolute atomic E-state index is 0. The molecule has 0 heterocycles. The van der Waals surface area contributed by atoms with E-state index in [1.807, 2.05) is 0 Å². The summed E-state index contributed by atoms with van der Waals surface area (Å²) in [6, 6.07) is 0. The van der Waals surface area contributed by atoms with Crippen molar-refractivity contribution < 1.29 is 12.8 Å². The standard InChI is InChI=1S/C9H16O2.Sr.2H/c1-3-5-7-8(6-4-2)9(10)11;;;/h4,8H,2-3,5-7H2,1H3,(H,10,11);;;/q;+2;2*-1. The van der Waals surface area contributed by atoms with Gasteiger partial charge in [-0.2, -0.15) is 0 Å². The summed E-state index contributed by atoms with van der Waals surface area (Å²) in [6.07, 6.45) is 5.09. The number of carboxylic acids is 1. The van der Waals surface area contributed by atoms with Gasteiger partial charge in [-0.3, -0.25) is 4.79 Å². The quantitative estimate of drug-likeness (QED) is 0.576. The summed E-state index contributed by atoms with van der Waals surface area (Å²) >= 11 is 0. The Morgan fingerprint density at radius 2 is 2.33 bits per heavy atom. The number of carboxylic acid groups (broad SMARTS) is 1. The Bertz CT molecular complexity index is 143. The summed E-state index contributed by atoms with van der Waals surface area (Å²) in [5.74, 6) is -0.911. The van der Waals surface area contributed by atoms with Gasteiger partial charge in [0.1, 0.15) is 0 Å². The van der Waals surface area contributed by atoms with Crippen LogP contribution in [0.25, 0.3) is 0 Å². The summed E-state index contributed by atoms with van der Waals surface area (Å²) in [5, 5.41) is 8.68. The minimum Gasteiger partial charge on any atom is -1.00 e. The fourth-order valence-corrected chi connectivity index (χ4v) is 0.994. The molecule has 0 fully saturated rings. The first-order chi connectivity index (χ1) is 5.22. The van der Waals surface area contributed by atoms with E-state index in [-0.39, 0.29) is 54.3 Å². The topological polar surface area (TPSA) is 37.3 Å². The molecule has 0 aliphatic heterocycles. The molecule has 68 valence electrons. The maximum atomic E-state index is 10.5. The van der Waals surface area contributed by atoms with Gasteiger partial charge in [0.05, 0.1) is 5.92 Å². The van der Waals surface area contributed by atoms with Crippen LogP contribution in [0.3, 0.4) is 0 Å². The number of unbranched alkanes of at least 4 members (excludes halogenated alkanes) is 1. The smallest absolute Gasteiger partial charge is 1.00 e. The number of carbonyl (C=O) groups is 1. The van der Waals surface area contributed by atoms with E-state index >= 15 is 0 Å². The van der Waals surface area contributed by atoms with Gasteiger partial charge in [0.25, 0.3) is 0 Å². The normalized spacial score (nSPS) is 11.4. The number of hydrogen-bond donors (Lipinski definition) is 1. The number of allylic oxidation sites excluding steroid dienone is 1. The molecule has 1 N–H and O–H groups in total. The van der Waals surface area contributed by atoms with E-state index in [1.54, 1.807) is 6.08 Å². The molecule has 2 nitrogen and oxygen atoms in total. The van der Waals surface area contributed by atoms with Crippen LogP contribution in [0, 0.1) is 5.92 Å². The SMILES string of the molecule is C=CCC(CCCC)C(=O)O.[H-].[H-].[Sr+2]. The van der Waals surface area contributed by atoms with Crippen molar-refractivity contribution in [3.63, 3.8) is 0 Å². The van der Waals surface area contributed by atoms with Crippen LogP contribution in [0.2, 0.25) is 0 Å². The van der Waals surface area contributed by atoms with E-state index in [2.05, 4.69) is 13.5 Å². The molecule has 0 aliphatic carbocycles. The summed E-state index contributed by atoms with van der Waals surface area (Å²) in [4.78, 5) is 10.5. The largest absolute Gasteiger partial charge is 2.00 e. The summed E-state index contributed by atoms with van der Waals surface area (Å²) in [7, 11) is 0. The number of rotatable bonds is 6. The average Bonchev–Trinajstić information content (AvgIpc) is 1.97. The van der Waals surface area contributed by atoms with Gasteiger partial charge in [0.2, 0.25) is 0 Å². The second-order valence-electron chi connectivity index (χ2n) is 2.70. The van der Waals surface area contributed by atoms with Gasteiger partial charge in [0.15, 0.2) is 0 Å². The summed E-state index contributed by atoms with van der Waals surface area (Å²) < 4.78 is 0. The molecule has 0 spiro atoms. The fourth-order valence-electron chi connectivity index (χ4n) is 0.994. The second kappa shape index (κ2) is 9.78. The molecule has 0 bridgehead atoms. The Hall–Kier alpha value is 0.691. The van der Waals surface area contributed by atoms with E-state index in [0.29, 0.717) is 6.42 Å². The third-order valence-corrected chi connectivity index (χ3v) is 1.71. The molecule has 3 heteroatoms. The van der Waals surface area contributed by atoms with Crippen molar-refractivity contribution in [3.05, 3.63) is 12.7 Å². The zero-order chi connectivity index (χ0) is 8.69. The van der Waals surface area contributed by atoms with E-state index in [0.717, 1.165) is 19.3 Å². The molecular formula is C9H18O2Sr. The first-order valence-electron chi connectivity index (χ1n) is 4.06. The summed E-state index contributed by atoms with van der Waals surface area (Å²) in [5.41, 5.74) is 0. The van der Waals surface area contributed by atoms with Crippen molar-refractivity contribution in [3.8, 4) is 0 Å². The van der Waals surface area contributed by atoms with Crippen LogP contribution in [-0.2, 0) is 4.79 Å². The summed E-state index contributed by atoms with van der Waals surface area (Å²) in [6.45, 7) is 5.59. The predicted molar refractivity (Wildman–Crippen MR) is 53.4 cm³/mol. The van der Waals surface area contributed by atoms with Gasteiger partial charge < -0.3 is 7.96 Å². The molecule has 12 heavy (non-hydrogen) atoms. The molecule has 0 saturated carbocycles. The van der Waals surface area contributed by atoms with Gasteiger partial charge >= 0.3 is 51.5 Å². The van der Waals surface area contributed by atoms with E-state index in [9.17, 15) is 4.79 Å². The molecular weight excluding hydrogens is 228 g/mol. The molecule has 0 aliphatic rings. The van der Waals surface area contributed by atoms with Crippen LogP contribution in [0.4, 0.5) is 0 Å². The Morgan fingerprint density at radius 3 is 2.67 bits per heavy atom. The molecule has 1 atom stereocenters. The van der Waals surface area contributed by atoms with Gasteiger partial charge in [-0.1, -0.05) is 25.8 Å². The Morgan fingerprint density at radius 1 is 1.75 bits per heavy atom. The monoisotopic (exact) mass is 246 g/mol. The second-order valence-corrected chi connectivity index (χ2v) is 2.70. The van der Waals surface area contributed by atoms with E-state index in [1.165, 1.54) is 0 Å². The molecule has 0 aromatic heterocycles. The van der Waals surface area contributed by atoms with Gasteiger partial charge in [-0.15, -0.1) is 6.58 Å². The first-order valence-corrected chi connectivity index (χ1v) is 4.06. The molecule has 0 rings (SSSR count). The van der Waals surface area contributed by atoms with Crippen molar-refractivity contribution in [2.45, 2.75) is 32.6 Å². The van der Waals surface area contributed by atoms with Crippen LogP contribution in [0.1, 0.15) is 35.5 Å². The predicted octanol–water partition coefficient (Wildman–Crippen LogP) is 2.30. The maximum absolute atomic E-state index is 10.5. The van der Waals surface area contributed by atoms with E-state index < -0.39 is 5.97 Å². The third-order valence-electron chi connectivity index (χ3n) is 1.71. The molecule has 0 aromatic carbocycles. The average molecular weight is 246 g/mol. The van der Waals surface area contributed by atoms with Crippen molar-refractivity contribution in [1.82, 2.24) is 0 Å².